The molecule has 0 saturated heterocycles. The molecule has 0 unspecified atom stereocenters. The molecule has 1 aromatic carbocycles. The second-order valence-electron chi connectivity index (χ2n) is 4.27. The van der Waals surface area contributed by atoms with E-state index in [1.165, 1.54) is 18.2 Å². The lowest BCUT2D eigenvalue weighted by Gasteiger charge is -2.11. The first-order chi connectivity index (χ1) is 9.79. The zero-order chi connectivity index (χ0) is 15.6. The van der Waals surface area contributed by atoms with Crippen LogP contribution < -0.4 is 10.5 Å². The predicted molar refractivity (Wildman–Crippen MR) is 79.8 cm³/mol. The maximum absolute atomic E-state index is 12.1. The van der Waals surface area contributed by atoms with E-state index in [4.69, 9.17) is 16.7 Å². The van der Waals surface area contributed by atoms with Gasteiger partial charge in [0.25, 0.3) is 5.91 Å². The number of hydrogen-bond donors (Lipinski definition) is 2. The number of anilines is 1. The molecule has 0 aliphatic heterocycles. The molecular weight excluding hydrogens is 314 g/mol. The van der Waals surface area contributed by atoms with Crippen LogP contribution in [-0.4, -0.2) is 19.3 Å². The number of halogens is 1. The summed E-state index contributed by atoms with van der Waals surface area (Å²) in [6.45, 7) is 1.56. The largest absolute Gasteiger partial charge is 0.320 e. The molecule has 110 valence electrons. The standard InChI is InChI=1S/C13H12ClN3O3S/c1-8-9(4-2-6-11(8)21(15,19)20)17-13(18)10-5-3-7-12(14)16-10/h2-7H,1H3,(H,17,18)(H2,15,19,20). The summed E-state index contributed by atoms with van der Waals surface area (Å²) in [6.07, 6.45) is 0. The van der Waals surface area contributed by atoms with Crippen LogP contribution in [0.5, 0.6) is 0 Å². The number of carbonyl (C=O) groups is 1. The molecule has 0 aliphatic carbocycles. The topological polar surface area (TPSA) is 102 Å². The smallest absolute Gasteiger partial charge is 0.274 e. The monoisotopic (exact) mass is 325 g/mol. The molecule has 1 amide bonds. The van der Waals surface area contributed by atoms with Crippen molar-refractivity contribution in [2.45, 2.75) is 11.8 Å². The van der Waals surface area contributed by atoms with Crippen molar-refractivity contribution in [2.75, 3.05) is 5.32 Å². The average molecular weight is 326 g/mol. The van der Waals surface area contributed by atoms with Crippen molar-refractivity contribution in [1.29, 1.82) is 0 Å². The number of aromatic nitrogens is 1. The lowest BCUT2D eigenvalue weighted by atomic mass is 10.2. The van der Waals surface area contributed by atoms with Gasteiger partial charge in [-0.1, -0.05) is 23.7 Å². The van der Waals surface area contributed by atoms with Crippen LogP contribution in [0.15, 0.2) is 41.3 Å². The Bertz CT molecular complexity index is 806. The van der Waals surface area contributed by atoms with Crippen molar-refractivity contribution < 1.29 is 13.2 Å². The van der Waals surface area contributed by atoms with Gasteiger partial charge < -0.3 is 5.32 Å². The number of benzene rings is 1. The van der Waals surface area contributed by atoms with E-state index >= 15 is 0 Å². The van der Waals surface area contributed by atoms with Gasteiger partial charge in [0.05, 0.1) is 4.90 Å². The van der Waals surface area contributed by atoms with Crippen LogP contribution in [0, 0.1) is 6.92 Å². The Hall–Kier alpha value is -1.96. The van der Waals surface area contributed by atoms with E-state index < -0.39 is 15.9 Å². The number of primary sulfonamides is 1. The van der Waals surface area contributed by atoms with Gasteiger partial charge in [-0.05, 0) is 36.8 Å². The van der Waals surface area contributed by atoms with Crippen LogP contribution in [0.3, 0.4) is 0 Å². The van der Waals surface area contributed by atoms with Gasteiger partial charge in [-0.15, -0.1) is 0 Å². The molecule has 8 heteroatoms. The minimum Gasteiger partial charge on any atom is -0.320 e. The number of hydrogen-bond acceptors (Lipinski definition) is 4. The molecular formula is C13H12ClN3O3S. The number of nitrogens with zero attached hydrogens (tertiary/aromatic N) is 1. The Morgan fingerprint density at radius 1 is 1.24 bits per heavy atom. The summed E-state index contributed by atoms with van der Waals surface area (Å²) in [6, 6.07) is 9.08. The molecule has 21 heavy (non-hydrogen) atoms. The number of sulfonamides is 1. The summed E-state index contributed by atoms with van der Waals surface area (Å²) in [5, 5.41) is 7.90. The van der Waals surface area contributed by atoms with Gasteiger partial charge in [0.2, 0.25) is 10.0 Å². The summed E-state index contributed by atoms with van der Waals surface area (Å²) >= 11 is 5.72. The highest BCUT2D eigenvalue weighted by Crippen LogP contribution is 2.22. The second-order valence-corrected chi connectivity index (χ2v) is 6.19. The van der Waals surface area contributed by atoms with E-state index in [1.54, 1.807) is 25.1 Å². The molecule has 0 aliphatic rings. The normalized spacial score (nSPS) is 11.2. The fourth-order valence-electron chi connectivity index (χ4n) is 1.78. The van der Waals surface area contributed by atoms with Crippen molar-refractivity contribution in [1.82, 2.24) is 4.98 Å². The number of nitrogens with two attached hydrogens (primary N) is 1. The zero-order valence-corrected chi connectivity index (χ0v) is 12.6. The molecule has 2 aromatic rings. The Labute approximate surface area is 127 Å². The molecule has 0 radical (unpaired) electrons. The van der Waals surface area contributed by atoms with Crippen molar-refractivity contribution in [3.05, 3.63) is 52.8 Å². The van der Waals surface area contributed by atoms with Crippen LogP contribution in [0.2, 0.25) is 5.15 Å². The predicted octanol–water partition coefficient (Wildman–Crippen LogP) is 1.94. The number of nitrogens with one attached hydrogen (secondary N) is 1. The minimum absolute atomic E-state index is 0.0423. The first-order valence-corrected chi connectivity index (χ1v) is 7.78. The summed E-state index contributed by atoms with van der Waals surface area (Å²) in [5.41, 5.74) is 0.826. The Kier molecular flexibility index (Phi) is 4.26. The Morgan fingerprint density at radius 2 is 1.90 bits per heavy atom. The Morgan fingerprint density at radius 3 is 2.52 bits per heavy atom. The van der Waals surface area contributed by atoms with Gasteiger partial charge in [0, 0.05) is 5.69 Å². The van der Waals surface area contributed by atoms with Crippen LogP contribution in [0.25, 0.3) is 0 Å². The first kappa shape index (κ1) is 15.4. The number of amides is 1. The van der Waals surface area contributed by atoms with Gasteiger partial charge in [0.15, 0.2) is 0 Å². The maximum Gasteiger partial charge on any atom is 0.274 e. The lowest BCUT2D eigenvalue weighted by Crippen LogP contribution is -2.17. The molecule has 1 aromatic heterocycles. The lowest BCUT2D eigenvalue weighted by molar-refractivity contribution is 0.102. The van der Waals surface area contributed by atoms with E-state index in [2.05, 4.69) is 10.3 Å². The number of carbonyl (C=O) groups excluding carboxylic acids is 1. The maximum atomic E-state index is 12.1. The highest BCUT2D eigenvalue weighted by molar-refractivity contribution is 7.89. The molecule has 0 atom stereocenters. The van der Waals surface area contributed by atoms with Gasteiger partial charge in [0.1, 0.15) is 10.8 Å². The molecule has 6 nitrogen and oxygen atoms in total. The molecule has 0 saturated carbocycles. The van der Waals surface area contributed by atoms with Gasteiger partial charge in [-0.3, -0.25) is 4.79 Å². The quantitative estimate of drug-likeness (QED) is 0.842. The molecule has 0 bridgehead atoms. The first-order valence-electron chi connectivity index (χ1n) is 5.85. The highest BCUT2D eigenvalue weighted by Gasteiger charge is 2.16. The Balaban J connectivity index is 2.35. The van der Waals surface area contributed by atoms with E-state index in [9.17, 15) is 13.2 Å². The van der Waals surface area contributed by atoms with Crippen molar-refractivity contribution in [3.63, 3.8) is 0 Å². The third-order valence-electron chi connectivity index (χ3n) is 2.79. The fraction of sp³-hybridized carbons (Fsp3) is 0.0769. The van der Waals surface area contributed by atoms with E-state index in [0.29, 0.717) is 11.3 Å². The summed E-state index contributed by atoms with van der Waals surface area (Å²) in [4.78, 5) is 15.9. The summed E-state index contributed by atoms with van der Waals surface area (Å²) in [7, 11) is -3.85. The third kappa shape index (κ3) is 3.57. The summed E-state index contributed by atoms with van der Waals surface area (Å²) in [5.74, 6) is -0.493. The number of rotatable bonds is 3. The zero-order valence-electron chi connectivity index (χ0n) is 11.0. The van der Waals surface area contributed by atoms with Gasteiger partial charge >= 0.3 is 0 Å². The van der Waals surface area contributed by atoms with E-state index in [0.717, 1.165) is 0 Å². The SMILES string of the molecule is Cc1c(NC(=O)c2cccc(Cl)n2)cccc1S(N)(=O)=O. The number of pyridine rings is 1. The van der Waals surface area contributed by atoms with Crippen molar-refractivity contribution >= 4 is 33.2 Å². The minimum atomic E-state index is -3.85. The molecule has 2 rings (SSSR count). The average Bonchev–Trinajstić information content (AvgIpc) is 2.39. The second kappa shape index (κ2) is 5.80. The van der Waals surface area contributed by atoms with Crippen molar-refractivity contribution in [3.8, 4) is 0 Å². The van der Waals surface area contributed by atoms with Crippen LogP contribution in [0.1, 0.15) is 16.1 Å². The highest BCUT2D eigenvalue weighted by atomic mass is 35.5. The van der Waals surface area contributed by atoms with Crippen molar-refractivity contribution in [2.24, 2.45) is 5.14 Å². The van der Waals surface area contributed by atoms with E-state index in [1.807, 2.05) is 0 Å². The van der Waals surface area contributed by atoms with Crippen LogP contribution in [0.4, 0.5) is 5.69 Å². The third-order valence-corrected chi connectivity index (χ3v) is 4.05. The van der Waals surface area contributed by atoms with E-state index in [-0.39, 0.29) is 15.7 Å². The molecule has 3 N–H and O–H groups in total. The fourth-order valence-corrected chi connectivity index (χ4v) is 2.75. The van der Waals surface area contributed by atoms with Gasteiger partial charge in [-0.25, -0.2) is 18.5 Å². The summed E-state index contributed by atoms with van der Waals surface area (Å²) < 4.78 is 22.9. The molecule has 0 spiro atoms. The van der Waals surface area contributed by atoms with Crippen LogP contribution >= 0.6 is 11.6 Å². The van der Waals surface area contributed by atoms with Gasteiger partial charge in [-0.2, -0.15) is 0 Å². The molecule has 0 fully saturated rings. The molecule has 1 heterocycles. The van der Waals surface area contributed by atoms with Crippen LogP contribution in [-0.2, 0) is 10.0 Å².